The number of thiophene rings is 2. The topological polar surface area (TPSA) is 54.9 Å². The van der Waals surface area contributed by atoms with E-state index in [-0.39, 0.29) is 11.9 Å². The van der Waals surface area contributed by atoms with E-state index in [1.165, 1.54) is 17.3 Å². The Morgan fingerprint density at radius 1 is 1.18 bits per heavy atom. The van der Waals surface area contributed by atoms with E-state index in [4.69, 9.17) is 0 Å². The first-order valence-electron chi connectivity index (χ1n) is 8.86. The largest absolute Gasteiger partial charge is 0.348 e. The number of nitrogens with zero attached hydrogens (tertiary/aromatic N) is 2. The molecule has 0 aliphatic carbocycles. The second kappa shape index (κ2) is 8.43. The summed E-state index contributed by atoms with van der Waals surface area (Å²) < 4.78 is 0. The van der Waals surface area contributed by atoms with Crippen LogP contribution in [0.15, 0.2) is 58.5 Å². The average Bonchev–Trinajstić information content (AvgIpc) is 3.37. The molecule has 0 aliphatic heterocycles. The molecule has 4 aromatic rings. The fraction of sp³-hybridized carbons (Fsp3) is 0.190. The van der Waals surface area contributed by atoms with Gasteiger partial charge in [0.25, 0.3) is 0 Å². The predicted octanol–water partition coefficient (Wildman–Crippen LogP) is 5.70. The molecule has 1 unspecified atom stereocenters. The van der Waals surface area contributed by atoms with E-state index in [0.717, 1.165) is 31.2 Å². The van der Waals surface area contributed by atoms with Crippen LogP contribution in [0.2, 0.25) is 0 Å². The van der Waals surface area contributed by atoms with Crippen molar-refractivity contribution < 1.29 is 4.79 Å². The van der Waals surface area contributed by atoms with Gasteiger partial charge < -0.3 is 5.32 Å². The van der Waals surface area contributed by atoms with Crippen LogP contribution >= 0.6 is 34.4 Å². The van der Waals surface area contributed by atoms with Crippen LogP contribution in [0.5, 0.6) is 0 Å². The van der Waals surface area contributed by atoms with Gasteiger partial charge in [-0.2, -0.15) is 0 Å². The summed E-state index contributed by atoms with van der Waals surface area (Å²) in [5.74, 6) is 0.329. The third-order valence-electron chi connectivity index (χ3n) is 4.39. The van der Waals surface area contributed by atoms with Gasteiger partial charge in [0.2, 0.25) is 5.91 Å². The summed E-state index contributed by atoms with van der Waals surface area (Å²) >= 11 is 4.72. The van der Waals surface area contributed by atoms with Gasteiger partial charge in [0.1, 0.15) is 16.2 Å². The Morgan fingerprint density at radius 3 is 2.75 bits per heavy atom. The van der Waals surface area contributed by atoms with Gasteiger partial charge in [-0.25, -0.2) is 9.97 Å². The van der Waals surface area contributed by atoms with Crippen molar-refractivity contribution in [2.24, 2.45) is 0 Å². The number of nitrogens with one attached hydrogen (secondary N) is 1. The molecule has 0 spiro atoms. The number of amides is 1. The lowest BCUT2D eigenvalue weighted by molar-refractivity contribution is -0.119. The molecule has 4 nitrogen and oxygen atoms in total. The number of benzene rings is 1. The molecule has 4 rings (SSSR count). The van der Waals surface area contributed by atoms with Crippen LogP contribution in [0, 0.1) is 6.92 Å². The highest BCUT2D eigenvalue weighted by Crippen LogP contribution is 2.37. The van der Waals surface area contributed by atoms with Crippen molar-refractivity contribution in [3.63, 3.8) is 0 Å². The van der Waals surface area contributed by atoms with Crippen LogP contribution in [0.1, 0.15) is 23.4 Å². The average molecular weight is 426 g/mol. The van der Waals surface area contributed by atoms with Gasteiger partial charge in [-0.05, 0) is 30.9 Å². The van der Waals surface area contributed by atoms with Crippen LogP contribution in [-0.2, 0) is 4.79 Å². The smallest absolute Gasteiger partial charge is 0.230 e. The number of hydrogen-bond acceptors (Lipinski definition) is 6. The van der Waals surface area contributed by atoms with E-state index in [1.54, 1.807) is 29.0 Å². The molecule has 0 fully saturated rings. The molecule has 28 heavy (non-hydrogen) atoms. The summed E-state index contributed by atoms with van der Waals surface area (Å²) in [7, 11) is 0. The quantitative estimate of drug-likeness (QED) is 0.318. The van der Waals surface area contributed by atoms with E-state index in [2.05, 4.69) is 51.9 Å². The van der Waals surface area contributed by atoms with Gasteiger partial charge in [0.15, 0.2) is 0 Å². The monoisotopic (exact) mass is 425 g/mol. The van der Waals surface area contributed by atoms with Gasteiger partial charge in [-0.1, -0.05) is 47.7 Å². The van der Waals surface area contributed by atoms with Gasteiger partial charge in [-0.3, -0.25) is 4.79 Å². The zero-order valence-electron chi connectivity index (χ0n) is 15.5. The van der Waals surface area contributed by atoms with Crippen LogP contribution in [0.25, 0.3) is 21.3 Å². The second-order valence-corrected chi connectivity index (χ2v) is 9.27. The SMILES string of the molecule is Cc1ccc(-c2csc3ncnc(SCC(=O)NC(C)c4cccs4)c23)cc1. The molecule has 0 aliphatic rings. The Morgan fingerprint density at radius 2 is 2.00 bits per heavy atom. The Hall–Kier alpha value is -2.22. The molecule has 1 N–H and O–H groups in total. The summed E-state index contributed by atoms with van der Waals surface area (Å²) in [6, 6.07) is 12.5. The molecule has 142 valence electrons. The minimum absolute atomic E-state index is 0.00442. The summed E-state index contributed by atoms with van der Waals surface area (Å²) in [6.45, 7) is 4.08. The first kappa shape index (κ1) is 19.1. The predicted molar refractivity (Wildman–Crippen MR) is 119 cm³/mol. The molecule has 0 radical (unpaired) electrons. The third-order valence-corrected chi connectivity index (χ3v) is 7.32. The van der Waals surface area contributed by atoms with Gasteiger partial charge in [-0.15, -0.1) is 22.7 Å². The van der Waals surface area contributed by atoms with Crippen molar-refractivity contribution in [1.29, 1.82) is 0 Å². The van der Waals surface area contributed by atoms with E-state index in [9.17, 15) is 4.79 Å². The number of hydrogen-bond donors (Lipinski definition) is 1. The molecule has 3 aromatic heterocycles. The minimum Gasteiger partial charge on any atom is -0.348 e. The number of carbonyl (C=O) groups is 1. The first-order valence-corrected chi connectivity index (χ1v) is 11.6. The third kappa shape index (κ3) is 4.11. The van der Waals surface area contributed by atoms with Crippen molar-refractivity contribution in [2.45, 2.75) is 24.9 Å². The molecule has 0 saturated heterocycles. The Labute approximate surface area is 176 Å². The maximum absolute atomic E-state index is 12.4. The van der Waals surface area contributed by atoms with Crippen molar-refractivity contribution >= 4 is 50.6 Å². The summed E-state index contributed by atoms with van der Waals surface area (Å²) in [4.78, 5) is 23.4. The summed E-state index contributed by atoms with van der Waals surface area (Å²) in [5, 5.41) is 9.07. The Kier molecular flexibility index (Phi) is 5.75. The Balaban J connectivity index is 1.53. The number of carbonyl (C=O) groups excluding carboxylic acids is 1. The number of fused-ring (bicyclic) bond motifs is 1. The number of aromatic nitrogens is 2. The lowest BCUT2D eigenvalue weighted by Crippen LogP contribution is -2.27. The number of aryl methyl sites for hydroxylation is 1. The van der Waals surface area contributed by atoms with Gasteiger partial charge in [0.05, 0.1) is 17.2 Å². The normalized spacial score (nSPS) is 12.2. The Bertz CT molecular complexity index is 1090. The highest BCUT2D eigenvalue weighted by Gasteiger charge is 2.16. The number of thioether (sulfide) groups is 1. The molecule has 0 bridgehead atoms. The standard InChI is InChI=1S/C21H19N3OS3/c1-13-5-7-15(8-6-13)16-10-27-20-19(16)21(23-12-22-20)28-11-18(25)24-14(2)17-4-3-9-26-17/h3-10,12,14H,11H2,1-2H3,(H,24,25). The lowest BCUT2D eigenvalue weighted by atomic mass is 10.1. The van der Waals surface area contributed by atoms with E-state index in [1.807, 2.05) is 24.4 Å². The molecule has 1 atom stereocenters. The fourth-order valence-electron chi connectivity index (χ4n) is 2.93. The first-order chi connectivity index (χ1) is 13.6. The maximum atomic E-state index is 12.4. The van der Waals surface area contributed by atoms with Crippen molar-refractivity contribution in [3.05, 3.63) is 63.9 Å². The summed E-state index contributed by atoms with van der Waals surface area (Å²) in [5.41, 5.74) is 3.49. The maximum Gasteiger partial charge on any atom is 0.230 e. The molecule has 7 heteroatoms. The van der Waals surface area contributed by atoms with E-state index < -0.39 is 0 Å². The molecule has 0 saturated carbocycles. The lowest BCUT2D eigenvalue weighted by Gasteiger charge is -2.12. The molecular formula is C21H19N3OS3. The number of rotatable bonds is 6. The fourth-order valence-corrected chi connectivity index (χ4v) is 5.47. The highest BCUT2D eigenvalue weighted by atomic mass is 32.2. The molecule has 3 heterocycles. The molecular weight excluding hydrogens is 406 g/mol. The van der Waals surface area contributed by atoms with Crippen LogP contribution in [0.4, 0.5) is 0 Å². The van der Waals surface area contributed by atoms with Crippen LogP contribution < -0.4 is 5.32 Å². The molecule has 1 amide bonds. The zero-order chi connectivity index (χ0) is 19.5. The van der Waals surface area contributed by atoms with E-state index in [0.29, 0.717) is 5.75 Å². The van der Waals surface area contributed by atoms with Gasteiger partial charge >= 0.3 is 0 Å². The van der Waals surface area contributed by atoms with Crippen molar-refractivity contribution in [1.82, 2.24) is 15.3 Å². The van der Waals surface area contributed by atoms with E-state index >= 15 is 0 Å². The zero-order valence-corrected chi connectivity index (χ0v) is 18.0. The highest BCUT2D eigenvalue weighted by molar-refractivity contribution is 8.00. The minimum atomic E-state index is 0.00442. The van der Waals surface area contributed by atoms with Gasteiger partial charge in [0, 0.05) is 15.8 Å². The summed E-state index contributed by atoms with van der Waals surface area (Å²) in [6.07, 6.45) is 1.58. The van der Waals surface area contributed by atoms with Crippen molar-refractivity contribution in [2.75, 3.05) is 5.75 Å². The second-order valence-electron chi connectivity index (χ2n) is 6.47. The van der Waals surface area contributed by atoms with Crippen molar-refractivity contribution in [3.8, 4) is 11.1 Å². The molecule has 1 aromatic carbocycles. The van der Waals surface area contributed by atoms with Crippen LogP contribution in [0.3, 0.4) is 0 Å². The van der Waals surface area contributed by atoms with Crippen LogP contribution in [-0.4, -0.2) is 21.6 Å².